The Morgan fingerprint density at radius 2 is 1.88 bits per heavy atom. The second-order valence-electron chi connectivity index (χ2n) is 6.61. The summed E-state index contributed by atoms with van der Waals surface area (Å²) < 4.78 is 5.16. The van der Waals surface area contributed by atoms with Crippen LogP contribution in [0.3, 0.4) is 0 Å². The maximum Gasteiger partial charge on any atom is 0.341 e. The van der Waals surface area contributed by atoms with Gasteiger partial charge < -0.3 is 15.2 Å². The average Bonchev–Trinajstić information content (AvgIpc) is 3.15. The van der Waals surface area contributed by atoms with Gasteiger partial charge in [-0.05, 0) is 44.6 Å². The Labute approximate surface area is 150 Å². The number of hydrogen-bond acceptors (Lipinski definition) is 5. The standard InChI is InChI=1S/C18H23NO5S/c1-2-24-18(23)14-12-8-5-9-13(12)25-16(14)19-15(20)10-6-3-4-7-11(10)17(21)22/h10-11H,2-9H2,1H3,(H,19,20)(H,21,22)/t10-,11-/m0/s1. The molecule has 1 aromatic heterocycles. The van der Waals surface area contributed by atoms with Gasteiger partial charge >= 0.3 is 11.9 Å². The lowest BCUT2D eigenvalue weighted by atomic mass is 9.79. The van der Waals surface area contributed by atoms with Gasteiger partial charge in [0.2, 0.25) is 5.91 Å². The summed E-state index contributed by atoms with van der Waals surface area (Å²) in [4.78, 5) is 37.6. The molecule has 0 aromatic carbocycles. The van der Waals surface area contributed by atoms with Crippen LogP contribution in [0.4, 0.5) is 5.00 Å². The monoisotopic (exact) mass is 365 g/mol. The largest absolute Gasteiger partial charge is 0.481 e. The lowest BCUT2D eigenvalue weighted by Crippen LogP contribution is -2.36. The van der Waals surface area contributed by atoms with E-state index in [4.69, 9.17) is 4.74 Å². The first-order chi connectivity index (χ1) is 12.0. The number of anilines is 1. The van der Waals surface area contributed by atoms with Crippen LogP contribution in [0, 0.1) is 11.8 Å². The van der Waals surface area contributed by atoms with Crippen molar-refractivity contribution in [3.05, 3.63) is 16.0 Å². The SMILES string of the molecule is CCOC(=O)c1c(NC(=O)[C@H]2CCCC[C@@H]2C(=O)O)sc2c1CCC2. The van der Waals surface area contributed by atoms with Crippen molar-refractivity contribution < 1.29 is 24.2 Å². The van der Waals surface area contributed by atoms with E-state index >= 15 is 0 Å². The molecule has 1 heterocycles. The molecule has 7 heteroatoms. The number of carboxylic acids is 1. The van der Waals surface area contributed by atoms with Gasteiger partial charge in [0.05, 0.1) is 24.0 Å². The smallest absolute Gasteiger partial charge is 0.341 e. The van der Waals surface area contributed by atoms with Crippen LogP contribution >= 0.6 is 11.3 Å². The third kappa shape index (κ3) is 3.56. The van der Waals surface area contributed by atoms with Gasteiger partial charge in [-0.3, -0.25) is 9.59 Å². The van der Waals surface area contributed by atoms with E-state index in [9.17, 15) is 19.5 Å². The Hall–Kier alpha value is -1.89. The quantitative estimate of drug-likeness (QED) is 0.782. The van der Waals surface area contributed by atoms with Gasteiger partial charge in [0.25, 0.3) is 0 Å². The molecular weight excluding hydrogens is 342 g/mol. The average molecular weight is 365 g/mol. The molecule has 1 saturated carbocycles. The number of aryl methyl sites for hydroxylation is 1. The van der Waals surface area contributed by atoms with Gasteiger partial charge in [0.15, 0.2) is 0 Å². The van der Waals surface area contributed by atoms with E-state index in [-0.39, 0.29) is 12.5 Å². The predicted octanol–water partition coefficient (Wildman–Crippen LogP) is 3.24. The first-order valence-electron chi connectivity index (χ1n) is 8.88. The maximum atomic E-state index is 12.7. The van der Waals surface area contributed by atoms with Crippen LogP contribution in [0.25, 0.3) is 0 Å². The summed E-state index contributed by atoms with van der Waals surface area (Å²) in [6, 6.07) is 0. The molecule has 0 spiro atoms. The highest BCUT2D eigenvalue weighted by Crippen LogP contribution is 2.40. The van der Waals surface area contributed by atoms with Gasteiger partial charge in [0.1, 0.15) is 5.00 Å². The highest BCUT2D eigenvalue weighted by atomic mass is 32.1. The zero-order valence-electron chi connectivity index (χ0n) is 14.3. The van der Waals surface area contributed by atoms with Crippen LogP contribution in [0.5, 0.6) is 0 Å². The van der Waals surface area contributed by atoms with Gasteiger partial charge in [-0.1, -0.05) is 12.8 Å². The molecule has 1 amide bonds. The minimum absolute atomic E-state index is 0.278. The van der Waals surface area contributed by atoms with E-state index in [1.165, 1.54) is 11.3 Å². The van der Waals surface area contributed by atoms with Crippen LogP contribution in [0.15, 0.2) is 0 Å². The first-order valence-corrected chi connectivity index (χ1v) is 9.69. The summed E-state index contributed by atoms with van der Waals surface area (Å²) in [7, 11) is 0. The minimum atomic E-state index is -0.917. The number of rotatable bonds is 5. The van der Waals surface area contributed by atoms with E-state index < -0.39 is 23.8 Å². The molecule has 0 radical (unpaired) electrons. The molecular formula is C18H23NO5S. The fourth-order valence-corrected chi connectivity index (χ4v) is 5.14. The number of fused-ring (bicyclic) bond motifs is 1. The Bertz CT molecular complexity index is 696. The minimum Gasteiger partial charge on any atom is -0.481 e. The third-order valence-electron chi connectivity index (χ3n) is 5.06. The number of ether oxygens (including phenoxy) is 1. The van der Waals surface area contributed by atoms with Crippen LogP contribution in [0.2, 0.25) is 0 Å². The normalized spacial score (nSPS) is 22.3. The molecule has 2 aliphatic rings. The number of carbonyl (C=O) groups excluding carboxylic acids is 2. The van der Waals surface area contributed by atoms with Crippen LogP contribution in [0.1, 0.15) is 59.8 Å². The van der Waals surface area contributed by atoms with Gasteiger partial charge in [-0.25, -0.2) is 4.79 Å². The van der Waals surface area contributed by atoms with Crippen molar-refractivity contribution in [3.8, 4) is 0 Å². The number of esters is 1. The summed E-state index contributed by atoms with van der Waals surface area (Å²) >= 11 is 1.42. The number of hydrogen-bond donors (Lipinski definition) is 2. The molecule has 136 valence electrons. The lowest BCUT2D eigenvalue weighted by Gasteiger charge is -2.27. The zero-order valence-corrected chi connectivity index (χ0v) is 15.1. The van der Waals surface area contributed by atoms with Crippen molar-refractivity contribution in [3.63, 3.8) is 0 Å². The Balaban J connectivity index is 1.83. The molecule has 0 saturated heterocycles. The van der Waals surface area contributed by atoms with Crippen molar-refractivity contribution in [1.29, 1.82) is 0 Å². The Morgan fingerprint density at radius 3 is 2.56 bits per heavy atom. The summed E-state index contributed by atoms with van der Waals surface area (Å²) in [6.45, 7) is 2.03. The van der Waals surface area contributed by atoms with E-state index in [0.717, 1.165) is 42.5 Å². The van der Waals surface area contributed by atoms with Crippen LogP contribution in [-0.2, 0) is 27.2 Å². The topological polar surface area (TPSA) is 92.7 Å². The van der Waals surface area contributed by atoms with E-state index in [2.05, 4.69) is 5.32 Å². The van der Waals surface area contributed by atoms with Gasteiger partial charge in [-0.2, -0.15) is 0 Å². The number of carbonyl (C=O) groups is 3. The molecule has 25 heavy (non-hydrogen) atoms. The first kappa shape index (κ1) is 17.9. The number of nitrogens with one attached hydrogen (secondary N) is 1. The number of thiophene rings is 1. The lowest BCUT2D eigenvalue weighted by molar-refractivity contribution is -0.147. The number of carboxylic acid groups (broad SMARTS) is 1. The van der Waals surface area contributed by atoms with Crippen molar-refractivity contribution in [1.82, 2.24) is 0 Å². The van der Waals surface area contributed by atoms with Crippen LogP contribution in [-0.4, -0.2) is 29.6 Å². The molecule has 1 aromatic rings. The summed E-state index contributed by atoms with van der Waals surface area (Å²) in [6.07, 6.45) is 5.52. The van der Waals surface area contributed by atoms with E-state index in [0.29, 0.717) is 23.4 Å². The fraction of sp³-hybridized carbons (Fsp3) is 0.611. The summed E-state index contributed by atoms with van der Waals surface area (Å²) in [5.41, 5.74) is 1.45. The highest BCUT2D eigenvalue weighted by molar-refractivity contribution is 7.17. The zero-order chi connectivity index (χ0) is 18.0. The van der Waals surface area contributed by atoms with E-state index in [1.807, 2.05) is 0 Å². The summed E-state index contributed by atoms with van der Waals surface area (Å²) in [5.74, 6) is -2.81. The third-order valence-corrected chi connectivity index (χ3v) is 6.26. The van der Waals surface area contributed by atoms with E-state index in [1.54, 1.807) is 6.92 Å². The van der Waals surface area contributed by atoms with Crippen molar-refractivity contribution in [2.75, 3.05) is 11.9 Å². The maximum absolute atomic E-state index is 12.7. The molecule has 2 aliphatic carbocycles. The molecule has 2 N–H and O–H groups in total. The molecule has 6 nitrogen and oxygen atoms in total. The second-order valence-corrected chi connectivity index (χ2v) is 7.71. The van der Waals surface area contributed by atoms with Gasteiger partial charge in [0, 0.05) is 4.88 Å². The second kappa shape index (κ2) is 7.56. The Morgan fingerprint density at radius 1 is 1.16 bits per heavy atom. The summed E-state index contributed by atoms with van der Waals surface area (Å²) in [5, 5.41) is 12.7. The Kier molecular flexibility index (Phi) is 5.42. The van der Waals surface area contributed by atoms with Crippen molar-refractivity contribution >= 4 is 34.2 Å². The van der Waals surface area contributed by atoms with Gasteiger partial charge in [-0.15, -0.1) is 11.3 Å². The molecule has 0 aliphatic heterocycles. The molecule has 1 fully saturated rings. The molecule has 0 unspecified atom stereocenters. The van der Waals surface area contributed by atoms with Crippen molar-refractivity contribution in [2.24, 2.45) is 11.8 Å². The molecule has 0 bridgehead atoms. The van der Waals surface area contributed by atoms with Crippen LogP contribution < -0.4 is 5.32 Å². The molecule has 3 rings (SSSR count). The number of amides is 1. The predicted molar refractivity (Wildman–Crippen MR) is 94.0 cm³/mol. The van der Waals surface area contributed by atoms with Crippen molar-refractivity contribution in [2.45, 2.75) is 51.9 Å². The molecule has 2 atom stereocenters. The highest BCUT2D eigenvalue weighted by Gasteiger charge is 2.37. The fourth-order valence-electron chi connectivity index (χ4n) is 3.86. The number of aliphatic carboxylic acids is 1.